The molecule has 0 fully saturated rings. The predicted molar refractivity (Wildman–Crippen MR) is 71.4 cm³/mol. The van der Waals surface area contributed by atoms with Gasteiger partial charge in [0, 0.05) is 35.4 Å². The highest BCUT2D eigenvalue weighted by Crippen LogP contribution is 2.17. The number of carbonyl (C=O) groups is 1. The zero-order valence-electron chi connectivity index (χ0n) is 10.7. The van der Waals surface area contributed by atoms with Crippen LogP contribution < -0.4 is 0 Å². The topological polar surface area (TPSA) is 55.1 Å². The molecule has 2 aromatic rings. The highest BCUT2D eigenvalue weighted by molar-refractivity contribution is 7.09. The van der Waals surface area contributed by atoms with Crippen LogP contribution in [0.15, 0.2) is 11.4 Å². The van der Waals surface area contributed by atoms with Crippen molar-refractivity contribution in [3.63, 3.8) is 0 Å². The van der Waals surface area contributed by atoms with Crippen molar-refractivity contribution in [2.75, 3.05) is 0 Å². The van der Waals surface area contributed by atoms with E-state index in [4.69, 9.17) is 5.11 Å². The van der Waals surface area contributed by atoms with Gasteiger partial charge in [0.25, 0.3) is 0 Å². The average Bonchev–Trinajstić information content (AvgIpc) is 2.82. The monoisotopic (exact) mass is 264 g/mol. The maximum absolute atomic E-state index is 11.0. The number of nitrogens with zero attached hydrogens (tertiary/aromatic N) is 2. The van der Waals surface area contributed by atoms with Crippen LogP contribution in [0.4, 0.5) is 0 Å². The summed E-state index contributed by atoms with van der Waals surface area (Å²) >= 11 is 1.65. The van der Waals surface area contributed by atoms with Gasteiger partial charge < -0.3 is 9.67 Å². The Bertz CT molecular complexity index is 584. The van der Waals surface area contributed by atoms with Crippen LogP contribution in [0.5, 0.6) is 0 Å². The molecule has 0 aliphatic heterocycles. The minimum atomic E-state index is -0.862. The largest absolute Gasteiger partial charge is 0.478 e. The van der Waals surface area contributed by atoms with E-state index in [0.717, 1.165) is 35.1 Å². The fourth-order valence-electron chi connectivity index (χ4n) is 2.09. The summed E-state index contributed by atoms with van der Waals surface area (Å²) in [6.45, 7) is 6.54. The molecule has 0 spiro atoms. The Hall–Kier alpha value is -1.62. The Morgan fingerprint density at radius 1 is 1.44 bits per heavy atom. The van der Waals surface area contributed by atoms with Gasteiger partial charge in [-0.15, -0.1) is 11.3 Å². The van der Waals surface area contributed by atoms with Gasteiger partial charge in [-0.2, -0.15) is 0 Å². The maximum atomic E-state index is 11.0. The Morgan fingerprint density at radius 2 is 2.17 bits per heavy atom. The van der Waals surface area contributed by atoms with E-state index in [0.29, 0.717) is 5.56 Å². The third kappa shape index (κ3) is 2.46. The molecule has 2 heterocycles. The Kier molecular flexibility index (Phi) is 3.52. The van der Waals surface area contributed by atoms with Gasteiger partial charge in [-0.05, 0) is 26.8 Å². The summed E-state index contributed by atoms with van der Waals surface area (Å²) in [5.74, 6) is -0.862. The summed E-state index contributed by atoms with van der Waals surface area (Å²) in [5.41, 5.74) is 3.23. The molecule has 0 saturated carbocycles. The van der Waals surface area contributed by atoms with E-state index >= 15 is 0 Å². The second-order valence-corrected chi connectivity index (χ2v) is 5.32. The molecule has 0 aliphatic rings. The van der Waals surface area contributed by atoms with Gasteiger partial charge in [0.1, 0.15) is 0 Å². The standard InChI is InChI=1S/C13H16N2O2S/c1-8-7-18-12(14-8)4-5-15-9(2)6-11(10(15)3)13(16)17/h6-7H,4-5H2,1-3H3,(H,16,17). The number of hydrogen-bond donors (Lipinski definition) is 1. The zero-order chi connectivity index (χ0) is 13.3. The summed E-state index contributed by atoms with van der Waals surface area (Å²) in [4.78, 5) is 15.5. The molecular weight excluding hydrogens is 248 g/mol. The molecule has 0 atom stereocenters. The number of carboxylic acids is 1. The molecule has 0 bridgehead atoms. The van der Waals surface area contributed by atoms with Crippen molar-refractivity contribution in [1.82, 2.24) is 9.55 Å². The molecule has 96 valence electrons. The molecule has 2 rings (SSSR count). The number of rotatable bonds is 4. The smallest absolute Gasteiger partial charge is 0.337 e. The van der Waals surface area contributed by atoms with Crippen molar-refractivity contribution in [3.8, 4) is 0 Å². The SMILES string of the molecule is Cc1csc(CCn2c(C)cc(C(=O)O)c2C)n1. The van der Waals surface area contributed by atoms with Crippen molar-refractivity contribution in [2.24, 2.45) is 0 Å². The van der Waals surface area contributed by atoms with Crippen LogP contribution in [-0.2, 0) is 13.0 Å². The average molecular weight is 264 g/mol. The van der Waals surface area contributed by atoms with Crippen LogP contribution in [0.1, 0.15) is 32.4 Å². The second-order valence-electron chi connectivity index (χ2n) is 4.37. The third-order valence-electron chi connectivity index (χ3n) is 3.02. The van der Waals surface area contributed by atoms with Crippen LogP contribution in [0, 0.1) is 20.8 Å². The first kappa shape index (κ1) is 12.8. The Balaban J connectivity index is 2.17. The molecule has 0 aromatic carbocycles. The predicted octanol–water partition coefficient (Wildman–Crippen LogP) is 2.81. The van der Waals surface area contributed by atoms with Crippen molar-refractivity contribution >= 4 is 17.3 Å². The van der Waals surface area contributed by atoms with Crippen molar-refractivity contribution in [3.05, 3.63) is 39.1 Å². The van der Waals surface area contributed by atoms with Gasteiger partial charge >= 0.3 is 5.97 Å². The molecule has 0 saturated heterocycles. The Morgan fingerprint density at radius 3 is 2.67 bits per heavy atom. The van der Waals surface area contributed by atoms with E-state index in [2.05, 4.69) is 4.98 Å². The number of carboxylic acid groups (broad SMARTS) is 1. The second kappa shape index (κ2) is 4.94. The summed E-state index contributed by atoms with van der Waals surface area (Å²) < 4.78 is 2.04. The minimum absolute atomic E-state index is 0.391. The molecule has 1 N–H and O–H groups in total. The maximum Gasteiger partial charge on any atom is 0.337 e. The molecule has 2 aromatic heterocycles. The van der Waals surface area contributed by atoms with Gasteiger partial charge in [0.15, 0.2) is 0 Å². The fraction of sp³-hybridized carbons (Fsp3) is 0.385. The highest BCUT2D eigenvalue weighted by Gasteiger charge is 2.14. The van der Waals surface area contributed by atoms with E-state index in [-0.39, 0.29) is 0 Å². The van der Waals surface area contributed by atoms with Crippen molar-refractivity contribution < 1.29 is 9.90 Å². The van der Waals surface area contributed by atoms with Gasteiger partial charge in [-0.1, -0.05) is 0 Å². The zero-order valence-corrected chi connectivity index (χ0v) is 11.5. The van der Waals surface area contributed by atoms with Crippen LogP contribution >= 0.6 is 11.3 Å². The lowest BCUT2D eigenvalue weighted by atomic mass is 10.2. The summed E-state index contributed by atoms with van der Waals surface area (Å²) in [6.07, 6.45) is 0.841. The lowest BCUT2D eigenvalue weighted by Gasteiger charge is -2.07. The van der Waals surface area contributed by atoms with E-state index in [1.165, 1.54) is 0 Å². The van der Waals surface area contributed by atoms with E-state index in [1.54, 1.807) is 17.4 Å². The summed E-state index contributed by atoms with van der Waals surface area (Å²) in [7, 11) is 0. The van der Waals surface area contributed by atoms with Gasteiger partial charge in [0.2, 0.25) is 0 Å². The van der Waals surface area contributed by atoms with Crippen LogP contribution in [-0.4, -0.2) is 20.6 Å². The quantitative estimate of drug-likeness (QED) is 0.923. The summed E-state index contributed by atoms with van der Waals surface area (Å²) in [5, 5.41) is 12.2. The third-order valence-corrected chi connectivity index (χ3v) is 4.05. The summed E-state index contributed by atoms with van der Waals surface area (Å²) in [6, 6.07) is 1.73. The molecule has 0 aliphatic carbocycles. The highest BCUT2D eigenvalue weighted by atomic mass is 32.1. The van der Waals surface area contributed by atoms with Crippen LogP contribution in [0.2, 0.25) is 0 Å². The lowest BCUT2D eigenvalue weighted by Crippen LogP contribution is -2.06. The normalized spacial score (nSPS) is 10.8. The molecule has 0 amide bonds. The number of aromatic carboxylic acids is 1. The lowest BCUT2D eigenvalue weighted by molar-refractivity contribution is 0.0696. The molecule has 18 heavy (non-hydrogen) atoms. The molecule has 4 nitrogen and oxygen atoms in total. The van der Waals surface area contributed by atoms with E-state index in [9.17, 15) is 4.79 Å². The first-order valence-electron chi connectivity index (χ1n) is 5.80. The van der Waals surface area contributed by atoms with Gasteiger partial charge in [0.05, 0.1) is 10.6 Å². The molecule has 5 heteroatoms. The number of aryl methyl sites for hydroxylation is 3. The van der Waals surface area contributed by atoms with Crippen LogP contribution in [0.25, 0.3) is 0 Å². The van der Waals surface area contributed by atoms with E-state index in [1.807, 2.05) is 30.7 Å². The molecular formula is C13H16N2O2S. The number of thiazole rings is 1. The first-order chi connectivity index (χ1) is 8.49. The molecule has 0 radical (unpaired) electrons. The number of aromatic nitrogens is 2. The van der Waals surface area contributed by atoms with E-state index < -0.39 is 5.97 Å². The van der Waals surface area contributed by atoms with Crippen molar-refractivity contribution in [1.29, 1.82) is 0 Å². The fourth-order valence-corrected chi connectivity index (χ4v) is 2.85. The minimum Gasteiger partial charge on any atom is -0.478 e. The molecule has 0 unspecified atom stereocenters. The van der Waals surface area contributed by atoms with Crippen molar-refractivity contribution in [2.45, 2.75) is 33.7 Å². The van der Waals surface area contributed by atoms with Crippen LogP contribution in [0.3, 0.4) is 0 Å². The van der Waals surface area contributed by atoms with Gasteiger partial charge in [-0.25, -0.2) is 9.78 Å². The Labute approximate surface area is 110 Å². The first-order valence-corrected chi connectivity index (χ1v) is 6.68. The number of hydrogen-bond acceptors (Lipinski definition) is 3. The van der Waals surface area contributed by atoms with Gasteiger partial charge in [-0.3, -0.25) is 0 Å².